The standard InChI is InChI=1S/C29H32N2O3S/c1-21-17-22(2)29-26(14-16-31(29)35(33,34)20-23-9-5-3-6-10-23)27(21)19-30-15-13-25(32)18-28(30)24-11-7-4-8-12-24/h3-12,14,16-17,25,28,32H,13,15,18-20H2,1-2H3. The highest BCUT2D eigenvalue weighted by atomic mass is 32.2. The van der Waals surface area contributed by atoms with Gasteiger partial charge in [0.2, 0.25) is 10.0 Å². The van der Waals surface area contributed by atoms with E-state index in [0.29, 0.717) is 13.0 Å². The fourth-order valence-electron chi connectivity index (χ4n) is 5.44. The van der Waals surface area contributed by atoms with Gasteiger partial charge >= 0.3 is 0 Å². The van der Waals surface area contributed by atoms with Crippen LogP contribution in [0, 0.1) is 13.8 Å². The minimum absolute atomic E-state index is 0.0413. The molecule has 0 bridgehead atoms. The van der Waals surface area contributed by atoms with Crippen molar-refractivity contribution in [3.63, 3.8) is 0 Å². The van der Waals surface area contributed by atoms with Gasteiger partial charge in [-0.25, -0.2) is 12.4 Å². The zero-order valence-corrected chi connectivity index (χ0v) is 21.1. The molecule has 1 aromatic heterocycles. The average molecular weight is 489 g/mol. The van der Waals surface area contributed by atoms with Crippen LogP contribution in [0.4, 0.5) is 0 Å². The number of piperidine rings is 1. The second-order valence-electron chi connectivity index (χ2n) is 9.68. The third-order valence-corrected chi connectivity index (χ3v) is 8.78. The summed E-state index contributed by atoms with van der Waals surface area (Å²) in [5.74, 6) is -0.0413. The fraction of sp³-hybridized carbons (Fsp3) is 0.310. The van der Waals surface area contributed by atoms with E-state index in [4.69, 9.17) is 0 Å². The first-order valence-electron chi connectivity index (χ1n) is 12.2. The second-order valence-corrected chi connectivity index (χ2v) is 11.5. The molecule has 1 fully saturated rings. The molecular weight excluding hydrogens is 456 g/mol. The SMILES string of the molecule is Cc1cc(C)c2c(ccn2S(=O)(=O)Cc2ccccc2)c1CN1CCC(O)CC1c1ccccc1. The van der Waals surface area contributed by atoms with Crippen molar-refractivity contribution < 1.29 is 13.5 Å². The van der Waals surface area contributed by atoms with Crippen LogP contribution in [0.15, 0.2) is 79.0 Å². The van der Waals surface area contributed by atoms with Gasteiger partial charge in [0.25, 0.3) is 0 Å². The number of aromatic nitrogens is 1. The average Bonchev–Trinajstić information content (AvgIpc) is 3.30. The molecule has 6 heteroatoms. The van der Waals surface area contributed by atoms with E-state index in [-0.39, 0.29) is 17.9 Å². The number of aliphatic hydroxyl groups is 1. The Morgan fingerprint density at radius 1 is 0.943 bits per heavy atom. The predicted molar refractivity (Wildman–Crippen MR) is 141 cm³/mol. The molecule has 0 saturated carbocycles. The maximum absolute atomic E-state index is 13.4. The van der Waals surface area contributed by atoms with Gasteiger partial charge in [-0.05, 0) is 60.6 Å². The summed E-state index contributed by atoms with van der Waals surface area (Å²) in [5, 5.41) is 11.4. The van der Waals surface area contributed by atoms with Crippen LogP contribution in [-0.4, -0.2) is 35.0 Å². The molecule has 1 aliphatic rings. The molecule has 0 amide bonds. The molecule has 0 radical (unpaired) electrons. The van der Waals surface area contributed by atoms with Crippen LogP contribution < -0.4 is 0 Å². The summed E-state index contributed by atoms with van der Waals surface area (Å²) in [7, 11) is -3.57. The Bertz CT molecular complexity index is 1430. The molecule has 0 aliphatic carbocycles. The summed E-state index contributed by atoms with van der Waals surface area (Å²) in [5.41, 5.74) is 6.00. The molecule has 5 rings (SSSR count). The van der Waals surface area contributed by atoms with Crippen molar-refractivity contribution in [2.75, 3.05) is 6.54 Å². The lowest BCUT2D eigenvalue weighted by Gasteiger charge is -2.38. The lowest BCUT2D eigenvalue weighted by molar-refractivity contribution is 0.0365. The van der Waals surface area contributed by atoms with E-state index in [1.165, 1.54) is 9.54 Å². The quantitative estimate of drug-likeness (QED) is 0.398. The van der Waals surface area contributed by atoms with E-state index in [0.717, 1.165) is 46.1 Å². The largest absolute Gasteiger partial charge is 0.393 e. The summed E-state index contributed by atoms with van der Waals surface area (Å²) in [6, 6.07) is 23.8. The molecule has 4 aromatic rings. The van der Waals surface area contributed by atoms with Gasteiger partial charge in [0.15, 0.2) is 0 Å². The number of fused-ring (bicyclic) bond motifs is 1. The molecule has 3 aromatic carbocycles. The molecule has 1 saturated heterocycles. The summed E-state index contributed by atoms with van der Waals surface area (Å²) in [4.78, 5) is 2.43. The van der Waals surface area contributed by atoms with Crippen LogP contribution in [0.1, 0.15) is 46.7 Å². The number of hydrogen-bond acceptors (Lipinski definition) is 4. The third-order valence-electron chi connectivity index (χ3n) is 7.18. The third kappa shape index (κ3) is 4.79. The molecule has 2 unspecified atom stereocenters. The second kappa shape index (κ2) is 9.61. The Hall–Kier alpha value is -2.93. The van der Waals surface area contributed by atoms with E-state index < -0.39 is 10.0 Å². The van der Waals surface area contributed by atoms with Crippen molar-refractivity contribution in [1.82, 2.24) is 8.87 Å². The summed E-state index contributed by atoms with van der Waals surface area (Å²) in [6.07, 6.45) is 2.84. The van der Waals surface area contributed by atoms with Gasteiger partial charge in [-0.3, -0.25) is 4.90 Å². The monoisotopic (exact) mass is 488 g/mol. The van der Waals surface area contributed by atoms with E-state index in [1.807, 2.05) is 61.5 Å². The highest BCUT2D eigenvalue weighted by molar-refractivity contribution is 7.89. The van der Waals surface area contributed by atoms with Crippen LogP contribution in [0.2, 0.25) is 0 Å². The topological polar surface area (TPSA) is 62.5 Å². The van der Waals surface area contributed by atoms with Crippen molar-refractivity contribution in [2.45, 2.75) is 51.1 Å². The normalized spacial score (nSPS) is 19.3. The van der Waals surface area contributed by atoms with Crippen LogP contribution in [0.25, 0.3) is 10.9 Å². The Morgan fingerprint density at radius 2 is 1.63 bits per heavy atom. The molecule has 5 nitrogen and oxygen atoms in total. The number of benzene rings is 3. The highest BCUT2D eigenvalue weighted by Gasteiger charge is 2.30. The van der Waals surface area contributed by atoms with Crippen LogP contribution in [-0.2, 0) is 22.3 Å². The van der Waals surface area contributed by atoms with Crippen LogP contribution >= 0.6 is 0 Å². The molecule has 0 spiro atoms. The van der Waals surface area contributed by atoms with Gasteiger partial charge < -0.3 is 5.11 Å². The van der Waals surface area contributed by atoms with Gasteiger partial charge in [0.1, 0.15) is 0 Å². The molecule has 2 atom stereocenters. The van der Waals surface area contributed by atoms with Gasteiger partial charge in [-0.1, -0.05) is 66.7 Å². The minimum Gasteiger partial charge on any atom is -0.393 e. The van der Waals surface area contributed by atoms with Gasteiger partial charge in [0, 0.05) is 30.7 Å². The van der Waals surface area contributed by atoms with E-state index >= 15 is 0 Å². The summed E-state index contributed by atoms with van der Waals surface area (Å²) < 4.78 is 28.3. The van der Waals surface area contributed by atoms with Crippen LogP contribution in [0.5, 0.6) is 0 Å². The Balaban J connectivity index is 1.53. The summed E-state index contributed by atoms with van der Waals surface area (Å²) in [6.45, 7) is 5.59. The Labute approximate surface area is 207 Å². The highest BCUT2D eigenvalue weighted by Crippen LogP contribution is 2.36. The van der Waals surface area contributed by atoms with E-state index in [9.17, 15) is 13.5 Å². The lowest BCUT2D eigenvalue weighted by Crippen LogP contribution is -2.38. The maximum atomic E-state index is 13.4. The molecule has 1 N–H and O–H groups in total. The molecule has 1 aliphatic heterocycles. The van der Waals surface area contributed by atoms with E-state index in [1.54, 1.807) is 6.20 Å². The summed E-state index contributed by atoms with van der Waals surface area (Å²) >= 11 is 0. The Kier molecular flexibility index (Phi) is 6.53. The first-order valence-corrected chi connectivity index (χ1v) is 13.8. The Morgan fingerprint density at radius 3 is 2.34 bits per heavy atom. The lowest BCUT2D eigenvalue weighted by atomic mass is 9.91. The maximum Gasteiger partial charge on any atom is 0.243 e. The molecular formula is C29H32N2O3S. The number of rotatable bonds is 6. The van der Waals surface area contributed by atoms with Crippen molar-refractivity contribution in [3.8, 4) is 0 Å². The predicted octanol–water partition coefficient (Wildman–Crippen LogP) is 5.33. The zero-order valence-electron chi connectivity index (χ0n) is 20.3. The smallest absolute Gasteiger partial charge is 0.243 e. The zero-order chi connectivity index (χ0) is 24.6. The number of likely N-dealkylation sites (tertiary alicyclic amines) is 1. The number of nitrogens with zero attached hydrogens (tertiary/aromatic N) is 2. The van der Waals surface area contributed by atoms with Gasteiger partial charge in [-0.15, -0.1) is 0 Å². The van der Waals surface area contributed by atoms with Crippen molar-refractivity contribution >= 4 is 20.9 Å². The van der Waals surface area contributed by atoms with Crippen molar-refractivity contribution in [1.29, 1.82) is 0 Å². The minimum atomic E-state index is -3.57. The van der Waals surface area contributed by atoms with E-state index in [2.05, 4.69) is 30.0 Å². The molecule has 35 heavy (non-hydrogen) atoms. The number of aryl methyl sites for hydroxylation is 2. The number of hydrogen-bond donors (Lipinski definition) is 1. The van der Waals surface area contributed by atoms with Crippen LogP contribution in [0.3, 0.4) is 0 Å². The van der Waals surface area contributed by atoms with Crippen molar-refractivity contribution in [3.05, 3.63) is 107 Å². The fourth-order valence-corrected chi connectivity index (χ4v) is 6.96. The number of aliphatic hydroxyl groups excluding tert-OH is 1. The first kappa shape index (κ1) is 23.8. The van der Waals surface area contributed by atoms with Gasteiger partial charge in [-0.2, -0.15) is 0 Å². The van der Waals surface area contributed by atoms with Crippen molar-refractivity contribution in [2.24, 2.45) is 0 Å². The molecule has 2 heterocycles. The molecule has 182 valence electrons. The first-order chi connectivity index (χ1) is 16.8. The van der Waals surface area contributed by atoms with Gasteiger partial charge in [0.05, 0.1) is 17.4 Å².